The quantitative estimate of drug-likeness (QED) is 0.800. The van der Waals surface area contributed by atoms with Gasteiger partial charge in [0.2, 0.25) is 5.91 Å². The lowest BCUT2D eigenvalue weighted by Gasteiger charge is -2.35. The van der Waals surface area contributed by atoms with Gasteiger partial charge in [-0.2, -0.15) is 0 Å². The largest absolute Gasteiger partial charge is 0.496 e. The van der Waals surface area contributed by atoms with Gasteiger partial charge in [-0.15, -0.1) is 0 Å². The van der Waals surface area contributed by atoms with Gasteiger partial charge < -0.3 is 10.1 Å². The van der Waals surface area contributed by atoms with Crippen molar-refractivity contribution in [2.75, 3.05) is 20.2 Å². The molecule has 0 aliphatic carbocycles. The van der Waals surface area contributed by atoms with Crippen molar-refractivity contribution in [2.45, 2.75) is 19.4 Å². The highest BCUT2D eigenvalue weighted by Gasteiger charge is 2.39. The van der Waals surface area contributed by atoms with Gasteiger partial charge in [0.25, 0.3) is 0 Å². The number of carbonyl (C=O) groups is 1. The number of benzene rings is 1. The van der Waals surface area contributed by atoms with Gasteiger partial charge in [0, 0.05) is 18.7 Å². The highest BCUT2D eigenvalue weighted by Crippen LogP contribution is 2.31. The maximum absolute atomic E-state index is 12.1. The zero-order valence-corrected chi connectivity index (χ0v) is 10.5. The van der Waals surface area contributed by atoms with Gasteiger partial charge in [0.15, 0.2) is 0 Å². The molecule has 2 N–H and O–H groups in total. The SMILES string of the molecule is COc1ccc(C)cc1C1(C)NCCNC1=O. The van der Waals surface area contributed by atoms with Crippen molar-refractivity contribution in [2.24, 2.45) is 0 Å². The van der Waals surface area contributed by atoms with E-state index in [0.717, 1.165) is 23.4 Å². The summed E-state index contributed by atoms with van der Waals surface area (Å²) in [7, 11) is 1.62. The molecule has 1 heterocycles. The van der Waals surface area contributed by atoms with Crippen LogP contribution in [0.3, 0.4) is 0 Å². The molecule has 2 rings (SSSR count). The molecule has 1 amide bonds. The van der Waals surface area contributed by atoms with Gasteiger partial charge in [0.1, 0.15) is 11.3 Å². The van der Waals surface area contributed by atoms with E-state index < -0.39 is 5.54 Å². The van der Waals surface area contributed by atoms with Crippen LogP contribution in [0, 0.1) is 6.92 Å². The van der Waals surface area contributed by atoms with Crippen molar-refractivity contribution >= 4 is 5.91 Å². The number of rotatable bonds is 2. The Morgan fingerprint density at radius 3 is 2.76 bits per heavy atom. The summed E-state index contributed by atoms with van der Waals surface area (Å²) < 4.78 is 5.35. The number of hydrogen-bond acceptors (Lipinski definition) is 3. The summed E-state index contributed by atoms with van der Waals surface area (Å²) in [4.78, 5) is 12.1. The van der Waals surface area contributed by atoms with E-state index in [1.165, 1.54) is 0 Å². The molecule has 4 heteroatoms. The molecule has 4 nitrogen and oxygen atoms in total. The number of ether oxygens (including phenoxy) is 1. The lowest BCUT2D eigenvalue weighted by molar-refractivity contribution is -0.129. The first kappa shape index (κ1) is 11.9. The van der Waals surface area contributed by atoms with Gasteiger partial charge in [-0.25, -0.2) is 0 Å². The second-order valence-electron chi connectivity index (χ2n) is 4.51. The van der Waals surface area contributed by atoms with Crippen LogP contribution in [-0.4, -0.2) is 26.1 Å². The third-order valence-electron chi connectivity index (χ3n) is 3.24. The first-order chi connectivity index (χ1) is 8.08. The van der Waals surface area contributed by atoms with Crippen molar-refractivity contribution in [1.29, 1.82) is 0 Å². The zero-order valence-electron chi connectivity index (χ0n) is 10.5. The molecule has 1 atom stereocenters. The van der Waals surface area contributed by atoms with E-state index in [1.54, 1.807) is 7.11 Å². The molecule has 1 unspecified atom stereocenters. The minimum atomic E-state index is -0.713. The maximum atomic E-state index is 12.1. The van der Waals surface area contributed by atoms with Crippen molar-refractivity contribution in [3.63, 3.8) is 0 Å². The van der Waals surface area contributed by atoms with Crippen molar-refractivity contribution in [3.8, 4) is 5.75 Å². The van der Waals surface area contributed by atoms with Crippen LogP contribution < -0.4 is 15.4 Å². The molecule has 17 heavy (non-hydrogen) atoms. The number of amides is 1. The Morgan fingerprint density at radius 2 is 2.12 bits per heavy atom. The van der Waals surface area contributed by atoms with E-state index in [0.29, 0.717) is 6.54 Å². The van der Waals surface area contributed by atoms with Crippen molar-refractivity contribution in [3.05, 3.63) is 29.3 Å². The summed E-state index contributed by atoms with van der Waals surface area (Å²) in [5.41, 5.74) is 1.29. The molecule has 1 aliphatic heterocycles. The Kier molecular flexibility index (Phi) is 3.07. The van der Waals surface area contributed by atoms with E-state index in [9.17, 15) is 4.79 Å². The lowest BCUT2D eigenvalue weighted by atomic mass is 9.87. The molecular weight excluding hydrogens is 216 g/mol. The minimum absolute atomic E-state index is 0.00681. The Morgan fingerprint density at radius 1 is 1.35 bits per heavy atom. The molecule has 0 bridgehead atoms. The molecule has 92 valence electrons. The Bertz CT molecular complexity index is 445. The fourth-order valence-corrected chi connectivity index (χ4v) is 2.18. The summed E-state index contributed by atoms with van der Waals surface area (Å²) in [6.45, 7) is 5.33. The summed E-state index contributed by atoms with van der Waals surface area (Å²) in [5.74, 6) is 0.732. The monoisotopic (exact) mass is 234 g/mol. The van der Waals surface area contributed by atoms with Gasteiger partial charge >= 0.3 is 0 Å². The zero-order chi connectivity index (χ0) is 12.5. The first-order valence-electron chi connectivity index (χ1n) is 5.76. The van der Waals surface area contributed by atoms with Crippen LogP contribution in [0.2, 0.25) is 0 Å². The highest BCUT2D eigenvalue weighted by atomic mass is 16.5. The van der Waals surface area contributed by atoms with Crippen LogP contribution in [0.25, 0.3) is 0 Å². The Labute approximate surface area is 101 Å². The van der Waals surface area contributed by atoms with Gasteiger partial charge in [0.05, 0.1) is 7.11 Å². The minimum Gasteiger partial charge on any atom is -0.496 e. The van der Waals surface area contributed by atoms with Crippen LogP contribution in [0.15, 0.2) is 18.2 Å². The summed E-state index contributed by atoms with van der Waals surface area (Å²) in [6, 6.07) is 5.88. The second kappa shape index (κ2) is 4.37. The molecule has 0 aromatic heterocycles. The highest BCUT2D eigenvalue weighted by molar-refractivity contribution is 5.88. The molecular formula is C13H18N2O2. The molecule has 0 spiro atoms. The number of nitrogens with one attached hydrogen (secondary N) is 2. The second-order valence-corrected chi connectivity index (χ2v) is 4.51. The van der Waals surface area contributed by atoms with E-state index in [2.05, 4.69) is 10.6 Å². The van der Waals surface area contributed by atoms with E-state index in [1.807, 2.05) is 32.0 Å². The lowest BCUT2D eigenvalue weighted by Crippen LogP contribution is -2.59. The van der Waals surface area contributed by atoms with E-state index >= 15 is 0 Å². The van der Waals surface area contributed by atoms with E-state index in [-0.39, 0.29) is 5.91 Å². The average molecular weight is 234 g/mol. The van der Waals surface area contributed by atoms with E-state index in [4.69, 9.17) is 4.74 Å². The third kappa shape index (κ3) is 2.00. The van der Waals surface area contributed by atoms with Gasteiger partial charge in [-0.05, 0) is 26.0 Å². The Balaban J connectivity index is 2.50. The van der Waals surface area contributed by atoms with Crippen LogP contribution in [-0.2, 0) is 10.3 Å². The number of piperazine rings is 1. The maximum Gasteiger partial charge on any atom is 0.244 e. The predicted molar refractivity (Wildman–Crippen MR) is 66.1 cm³/mol. The van der Waals surface area contributed by atoms with Crippen LogP contribution in [0.5, 0.6) is 5.75 Å². The van der Waals surface area contributed by atoms with Crippen LogP contribution in [0.4, 0.5) is 0 Å². The fraction of sp³-hybridized carbons (Fsp3) is 0.462. The number of hydrogen-bond donors (Lipinski definition) is 2. The standard InChI is InChI=1S/C13H18N2O2/c1-9-4-5-11(17-3)10(8-9)13(2)12(16)14-6-7-15-13/h4-5,8,15H,6-7H2,1-3H3,(H,14,16). The fourth-order valence-electron chi connectivity index (χ4n) is 2.18. The summed E-state index contributed by atoms with van der Waals surface area (Å²) in [6.07, 6.45) is 0. The average Bonchev–Trinajstić information content (AvgIpc) is 2.33. The number of methoxy groups -OCH3 is 1. The molecule has 0 saturated carbocycles. The van der Waals surface area contributed by atoms with Crippen LogP contribution >= 0.6 is 0 Å². The van der Waals surface area contributed by atoms with Crippen molar-refractivity contribution < 1.29 is 9.53 Å². The molecule has 0 radical (unpaired) electrons. The topological polar surface area (TPSA) is 50.4 Å². The molecule has 1 aromatic carbocycles. The summed E-state index contributed by atoms with van der Waals surface area (Å²) >= 11 is 0. The van der Waals surface area contributed by atoms with Crippen molar-refractivity contribution in [1.82, 2.24) is 10.6 Å². The third-order valence-corrected chi connectivity index (χ3v) is 3.24. The summed E-state index contributed by atoms with van der Waals surface area (Å²) in [5, 5.41) is 6.16. The molecule has 1 aliphatic rings. The number of carbonyl (C=O) groups excluding carboxylic acids is 1. The molecule has 1 saturated heterocycles. The number of aryl methyl sites for hydroxylation is 1. The van der Waals surface area contributed by atoms with Crippen LogP contribution in [0.1, 0.15) is 18.1 Å². The first-order valence-corrected chi connectivity index (χ1v) is 5.76. The molecule has 1 fully saturated rings. The predicted octanol–water partition coefficient (Wildman–Crippen LogP) is 0.938. The smallest absolute Gasteiger partial charge is 0.244 e. The van der Waals surface area contributed by atoms with Gasteiger partial charge in [-0.3, -0.25) is 10.1 Å². The Hall–Kier alpha value is -1.55. The molecule has 1 aromatic rings. The van der Waals surface area contributed by atoms with Gasteiger partial charge in [-0.1, -0.05) is 11.6 Å². The normalized spacial score (nSPS) is 24.3.